The van der Waals surface area contributed by atoms with Crippen molar-refractivity contribution in [3.05, 3.63) is 34.9 Å². The molecule has 0 aromatic heterocycles. The molecule has 1 heterocycles. The van der Waals surface area contributed by atoms with Gasteiger partial charge in [0.05, 0.1) is 5.02 Å². The van der Waals surface area contributed by atoms with Crippen LogP contribution in [0.2, 0.25) is 5.02 Å². The zero-order valence-corrected chi connectivity index (χ0v) is 11.2. The van der Waals surface area contributed by atoms with Crippen LogP contribution in [0, 0.1) is 5.92 Å². The molecule has 1 N–H and O–H groups in total. The third kappa shape index (κ3) is 3.98. The average molecular weight is 274 g/mol. The Kier molecular flexibility index (Phi) is 5.96. The van der Waals surface area contributed by atoms with Gasteiger partial charge in [0.15, 0.2) is 5.78 Å². The highest BCUT2D eigenvalue weighted by Crippen LogP contribution is 2.22. The fourth-order valence-corrected chi connectivity index (χ4v) is 2.39. The molecule has 0 amide bonds. The van der Waals surface area contributed by atoms with Crippen LogP contribution in [0.25, 0.3) is 0 Å². The summed E-state index contributed by atoms with van der Waals surface area (Å²) in [6.45, 7) is 2.06. The number of halogens is 2. The molecule has 1 fully saturated rings. The predicted molar refractivity (Wildman–Crippen MR) is 73.2 cm³/mol. The highest BCUT2D eigenvalue weighted by molar-refractivity contribution is 6.33. The monoisotopic (exact) mass is 273 g/mol. The molecule has 0 bridgehead atoms. The van der Waals surface area contributed by atoms with E-state index in [9.17, 15) is 4.79 Å². The lowest BCUT2D eigenvalue weighted by Gasteiger charge is -2.21. The number of hydrogen-bond donors (Lipinski definition) is 1. The van der Waals surface area contributed by atoms with Gasteiger partial charge in [-0.3, -0.25) is 4.79 Å². The van der Waals surface area contributed by atoms with Crippen LogP contribution in [0.1, 0.15) is 29.6 Å². The van der Waals surface area contributed by atoms with E-state index in [1.165, 1.54) is 0 Å². The molecule has 1 aromatic carbocycles. The molecular formula is C13H17Cl2NO. The van der Waals surface area contributed by atoms with Gasteiger partial charge in [-0.1, -0.05) is 23.7 Å². The van der Waals surface area contributed by atoms with Crippen LogP contribution in [0.15, 0.2) is 24.3 Å². The maximum Gasteiger partial charge on any atom is 0.164 e. The molecule has 1 aliphatic rings. The Bertz CT molecular complexity index is 375. The van der Waals surface area contributed by atoms with Crippen molar-refractivity contribution in [1.29, 1.82) is 0 Å². The van der Waals surface area contributed by atoms with Crippen LogP contribution >= 0.6 is 24.0 Å². The smallest absolute Gasteiger partial charge is 0.164 e. The molecule has 1 saturated heterocycles. The average Bonchev–Trinajstić information content (AvgIpc) is 2.31. The maximum absolute atomic E-state index is 12.0. The van der Waals surface area contributed by atoms with Gasteiger partial charge in [0, 0.05) is 12.0 Å². The van der Waals surface area contributed by atoms with Gasteiger partial charge < -0.3 is 5.32 Å². The fraction of sp³-hybridized carbons (Fsp3) is 0.462. The molecular weight excluding hydrogens is 257 g/mol. The second-order valence-electron chi connectivity index (χ2n) is 4.30. The first-order valence-electron chi connectivity index (χ1n) is 5.76. The van der Waals surface area contributed by atoms with E-state index in [2.05, 4.69) is 5.32 Å². The lowest BCUT2D eigenvalue weighted by atomic mass is 9.91. The standard InChI is InChI=1S/C13H16ClNO.ClH/c14-12-4-2-1-3-11(12)13(16)9-10-5-7-15-8-6-10;/h1-4,10,15H,5-9H2;1H. The van der Waals surface area contributed by atoms with E-state index in [0.717, 1.165) is 25.9 Å². The summed E-state index contributed by atoms with van der Waals surface area (Å²) in [5.41, 5.74) is 0.669. The van der Waals surface area contributed by atoms with Gasteiger partial charge >= 0.3 is 0 Å². The van der Waals surface area contributed by atoms with E-state index in [4.69, 9.17) is 11.6 Å². The number of piperidine rings is 1. The molecule has 94 valence electrons. The van der Waals surface area contributed by atoms with Crippen LogP contribution in [-0.4, -0.2) is 18.9 Å². The molecule has 0 radical (unpaired) electrons. The van der Waals surface area contributed by atoms with Crippen LogP contribution in [0.3, 0.4) is 0 Å². The Morgan fingerprint density at radius 3 is 2.59 bits per heavy atom. The normalized spacial score (nSPS) is 16.3. The van der Waals surface area contributed by atoms with E-state index in [1.807, 2.05) is 18.2 Å². The van der Waals surface area contributed by atoms with Crippen molar-refractivity contribution in [3.8, 4) is 0 Å². The number of nitrogens with one attached hydrogen (secondary N) is 1. The molecule has 2 rings (SSSR count). The topological polar surface area (TPSA) is 29.1 Å². The molecule has 0 saturated carbocycles. The maximum atomic E-state index is 12.0. The van der Waals surface area contributed by atoms with Gasteiger partial charge in [-0.2, -0.15) is 0 Å². The highest BCUT2D eigenvalue weighted by Gasteiger charge is 2.18. The van der Waals surface area contributed by atoms with Crippen molar-refractivity contribution >= 4 is 29.8 Å². The molecule has 1 aliphatic heterocycles. The molecule has 17 heavy (non-hydrogen) atoms. The van der Waals surface area contributed by atoms with Crippen LogP contribution in [0.4, 0.5) is 0 Å². The summed E-state index contributed by atoms with van der Waals surface area (Å²) < 4.78 is 0. The molecule has 0 aliphatic carbocycles. The van der Waals surface area contributed by atoms with Gasteiger partial charge in [0.25, 0.3) is 0 Å². The Hall–Kier alpha value is -0.570. The largest absolute Gasteiger partial charge is 0.317 e. The first kappa shape index (κ1) is 14.5. The van der Waals surface area contributed by atoms with Crippen molar-refractivity contribution < 1.29 is 4.79 Å². The first-order valence-corrected chi connectivity index (χ1v) is 6.13. The molecule has 1 aromatic rings. The predicted octanol–water partition coefficient (Wildman–Crippen LogP) is 3.33. The number of carbonyl (C=O) groups excluding carboxylic acids is 1. The van der Waals surface area contributed by atoms with Crippen molar-refractivity contribution in [2.75, 3.05) is 13.1 Å². The molecule has 0 spiro atoms. The number of hydrogen-bond acceptors (Lipinski definition) is 2. The van der Waals surface area contributed by atoms with Crippen LogP contribution in [0.5, 0.6) is 0 Å². The van der Waals surface area contributed by atoms with Crippen LogP contribution in [-0.2, 0) is 0 Å². The summed E-state index contributed by atoms with van der Waals surface area (Å²) in [7, 11) is 0. The van der Waals surface area contributed by atoms with E-state index in [1.54, 1.807) is 6.07 Å². The zero-order chi connectivity index (χ0) is 11.4. The second kappa shape index (κ2) is 7.00. The van der Waals surface area contributed by atoms with Crippen LogP contribution < -0.4 is 5.32 Å². The Morgan fingerprint density at radius 1 is 1.29 bits per heavy atom. The summed E-state index contributed by atoms with van der Waals surface area (Å²) in [4.78, 5) is 12.0. The molecule has 0 unspecified atom stereocenters. The van der Waals surface area contributed by atoms with Crippen molar-refractivity contribution in [2.45, 2.75) is 19.3 Å². The summed E-state index contributed by atoms with van der Waals surface area (Å²) >= 11 is 6.00. The number of rotatable bonds is 3. The van der Waals surface area contributed by atoms with Crippen molar-refractivity contribution in [2.24, 2.45) is 5.92 Å². The summed E-state index contributed by atoms with van der Waals surface area (Å²) in [5.74, 6) is 0.697. The Labute approximate surface area is 113 Å². The minimum Gasteiger partial charge on any atom is -0.317 e. The lowest BCUT2D eigenvalue weighted by molar-refractivity contribution is 0.0952. The van der Waals surface area contributed by atoms with E-state index in [-0.39, 0.29) is 18.2 Å². The van der Waals surface area contributed by atoms with Gasteiger partial charge in [-0.25, -0.2) is 0 Å². The quantitative estimate of drug-likeness (QED) is 0.856. The van der Waals surface area contributed by atoms with E-state index >= 15 is 0 Å². The second-order valence-corrected chi connectivity index (χ2v) is 4.71. The Morgan fingerprint density at radius 2 is 1.94 bits per heavy atom. The SMILES string of the molecule is Cl.O=C(CC1CCNCC1)c1ccccc1Cl. The first-order chi connectivity index (χ1) is 7.77. The molecule has 4 heteroatoms. The van der Waals surface area contributed by atoms with Gasteiger partial charge in [0.2, 0.25) is 0 Å². The summed E-state index contributed by atoms with van der Waals surface area (Å²) in [6.07, 6.45) is 2.82. The fourth-order valence-electron chi connectivity index (χ4n) is 2.15. The third-order valence-electron chi connectivity index (χ3n) is 3.11. The minimum atomic E-state index is 0. The van der Waals surface area contributed by atoms with Gasteiger partial charge in [-0.05, 0) is 44.0 Å². The van der Waals surface area contributed by atoms with E-state index < -0.39 is 0 Å². The van der Waals surface area contributed by atoms with Gasteiger partial charge in [-0.15, -0.1) is 12.4 Å². The van der Waals surface area contributed by atoms with Crippen molar-refractivity contribution in [1.82, 2.24) is 5.32 Å². The minimum absolute atomic E-state index is 0. The van der Waals surface area contributed by atoms with Gasteiger partial charge in [0.1, 0.15) is 0 Å². The highest BCUT2D eigenvalue weighted by atomic mass is 35.5. The molecule has 0 atom stereocenters. The van der Waals surface area contributed by atoms with Crippen molar-refractivity contribution in [3.63, 3.8) is 0 Å². The number of Topliss-reactive ketones (excluding diaryl/α,β-unsaturated/α-hetero) is 1. The summed E-state index contributed by atoms with van der Waals surface area (Å²) in [6, 6.07) is 7.30. The lowest BCUT2D eigenvalue weighted by Crippen LogP contribution is -2.28. The zero-order valence-electron chi connectivity index (χ0n) is 9.62. The summed E-state index contributed by atoms with van der Waals surface area (Å²) in [5, 5.41) is 3.87. The Balaban J connectivity index is 0.00000144. The van der Waals surface area contributed by atoms with E-state index in [0.29, 0.717) is 22.9 Å². The third-order valence-corrected chi connectivity index (χ3v) is 3.44. The number of carbonyl (C=O) groups is 1. The molecule has 2 nitrogen and oxygen atoms in total. The number of ketones is 1. The number of benzene rings is 1.